The van der Waals surface area contributed by atoms with E-state index >= 15 is 0 Å². The summed E-state index contributed by atoms with van der Waals surface area (Å²) in [5, 5.41) is 0. The van der Waals surface area contributed by atoms with Gasteiger partial charge in [0.25, 0.3) is 0 Å². The molecule has 0 aromatic heterocycles. The maximum absolute atomic E-state index is 13.3. The van der Waals surface area contributed by atoms with Crippen molar-refractivity contribution in [1.29, 1.82) is 0 Å². The van der Waals surface area contributed by atoms with Crippen molar-refractivity contribution in [2.75, 3.05) is 13.1 Å². The van der Waals surface area contributed by atoms with Gasteiger partial charge < -0.3 is 5.73 Å². The van der Waals surface area contributed by atoms with Gasteiger partial charge in [-0.15, -0.1) is 0 Å². The molecule has 1 aliphatic rings. The van der Waals surface area contributed by atoms with Crippen LogP contribution in [0.5, 0.6) is 0 Å². The zero-order valence-electron chi connectivity index (χ0n) is 11.6. The molecule has 1 fully saturated rings. The molecule has 0 amide bonds. The average Bonchev–Trinajstić information content (AvgIpc) is 2.68. The first-order valence-electron chi connectivity index (χ1n) is 6.81. The highest BCUT2D eigenvalue weighted by Gasteiger charge is 2.26. The zero-order valence-corrected chi connectivity index (χ0v) is 11.6. The highest BCUT2D eigenvalue weighted by atomic mass is 19.1. The summed E-state index contributed by atoms with van der Waals surface area (Å²) < 4.78 is 13.3. The van der Waals surface area contributed by atoms with E-state index in [2.05, 4.69) is 30.6 Å². The molecule has 2 rings (SSSR count). The fourth-order valence-corrected chi connectivity index (χ4v) is 2.77. The second kappa shape index (κ2) is 6.18. The Balaban J connectivity index is 2.20. The van der Waals surface area contributed by atoms with E-state index in [4.69, 9.17) is 5.73 Å². The smallest absolute Gasteiger partial charge is 0.124 e. The van der Waals surface area contributed by atoms with Crippen LogP contribution in [0.1, 0.15) is 31.4 Å². The first-order valence-corrected chi connectivity index (χ1v) is 6.81. The predicted molar refractivity (Wildman–Crippen MR) is 76.0 cm³/mol. The van der Waals surface area contributed by atoms with Crippen LogP contribution in [0.2, 0.25) is 0 Å². The maximum Gasteiger partial charge on any atom is 0.124 e. The summed E-state index contributed by atoms with van der Waals surface area (Å²) in [7, 11) is 0. The monoisotopic (exact) mass is 260 g/mol. The summed E-state index contributed by atoms with van der Waals surface area (Å²) in [5.41, 5.74) is 7.24. The lowest BCUT2D eigenvalue weighted by molar-refractivity contribution is 0.256. The first-order chi connectivity index (χ1) is 9.10. The van der Waals surface area contributed by atoms with Crippen LogP contribution in [-0.4, -0.2) is 24.0 Å². The highest BCUT2D eigenvalue weighted by Crippen LogP contribution is 2.25. The molecule has 0 saturated carbocycles. The lowest BCUT2D eigenvalue weighted by Crippen LogP contribution is -2.26. The van der Waals surface area contributed by atoms with E-state index in [1.54, 1.807) is 0 Å². The number of hydrogen-bond donors (Lipinski definition) is 1. The number of rotatable bonds is 2. The van der Waals surface area contributed by atoms with Crippen LogP contribution in [-0.2, 0) is 6.54 Å². The molecule has 102 valence electrons. The van der Waals surface area contributed by atoms with Crippen molar-refractivity contribution in [3.05, 3.63) is 35.1 Å². The van der Waals surface area contributed by atoms with E-state index in [0.717, 1.165) is 30.1 Å². The number of hydrogen-bond acceptors (Lipinski definition) is 2. The summed E-state index contributed by atoms with van der Waals surface area (Å²) >= 11 is 0. The van der Waals surface area contributed by atoms with Crippen LogP contribution in [0.25, 0.3) is 0 Å². The van der Waals surface area contributed by atoms with Gasteiger partial charge in [0.15, 0.2) is 0 Å². The molecule has 2 unspecified atom stereocenters. The van der Waals surface area contributed by atoms with Crippen LogP contribution in [0, 0.1) is 23.6 Å². The van der Waals surface area contributed by atoms with E-state index in [1.165, 1.54) is 18.6 Å². The number of likely N-dealkylation sites (tertiary alicyclic amines) is 1. The Morgan fingerprint density at radius 2 is 2.21 bits per heavy atom. The number of benzene rings is 1. The van der Waals surface area contributed by atoms with E-state index in [9.17, 15) is 4.39 Å². The van der Waals surface area contributed by atoms with Gasteiger partial charge in [-0.25, -0.2) is 4.39 Å². The Hall–Kier alpha value is -1.37. The van der Waals surface area contributed by atoms with Crippen LogP contribution in [0.4, 0.5) is 4.39 Å². The highest BCUT2D eigenvalue weighted by molar-refractivity contribution is 5.42. The number of nitrogens with zero attached hydrogens (tertiary/aromatic N) is 1. The van der Waals surface area contributed by atoms with Gasteiger partial charge in [-0.05, 0) is 37.0 Å². The van der Waals surface area contributed by atoms with Gasteiger partial charge in [0.05, 0.1) is 6.54 Å². The molecular weight excluding hydrogens is 239 g/mol. The Morgan fingerprint density at radius 3 is 2.84 bits per heavy atom. The van der Waals surface area contributed by atoms with E-state index < -0.39 is 0 Å². The summed E-state index contributed by atoms with van der Waals surface area (Å²) in [6.07, 6.45) is 1.23. The minimum Gasteiger partial charge on any atom is -0.320 e. The number of halogens is 1. The van der Waals surface area contributed by atoms with Crippen molar-refractivity contribution in [1.82, 2.24) is 4.90 Å². The Morgan fingerprint density at radius 1 is 1.42 bits per heavy atom. The average molecular weight is 260 g/mol. The topological polar surface area (TPSA) is 29.3 Å². The van der Waals surface area contributed by atoms with Gasteiger partial charge in [0, 0.05) is 24.7 Å². The fraction of sp³-hybridized carbons (Fsp3) is 0.500. The van der Waals surface area contributed by atoms with Crippen molar-refractivity contribution in [3.63, 3.8) is 0 Å². The standard InChI is InChI=1S/C16H21FN2/c1-12-8-13(2)19(10-12)11-15-5-6-16(17)9-14(15)4-3-7-18/h5-6,9,12-13H,7-8,10-11,18H2,1-2H3. The molecule has 1 heterocycles. The summed E-state index contributed by atoms with van der Waals surface area (Å²) in [6, 6.07) is 5.43. The molecule has 0 bridgehead atoms. The lowest BCUT2D eigenvalue weighted by atomic mass is 10.1. The third kappa shape index (κ3) is 3.56. The van der Waals surface area contributed by atoms with Gasteiger partial charge in [-0.1, -0.05) is 24.8 Å². The molecule has 3 heteroatoms. The predicted octanol–water partition coefficient (Wildman–Crippen LogP) is 2.37. The normalized spacial score (nSPS) is 23.2. The molecule has 0 radical (unpaired) electrons. The second-order valence-electron chi connectivity index (χ2n) is 5.43. The van der Waals surface area contributed by atoms with Crippen molar-refractivity contribution < 1.29 is 4.39 Å². The molecule has 1 aromatic carbocycles. The molecule has 1 aliphatic heterocycles. The van der Waals surface area contributed by atoms with Crippen molar-refractivity contribution in [3.8, 4) is 11.8 Å². The SMILES string of the molecule is CC1CC(C)N(Cc2ccc(F)cc2C#CCN)C1. The van der Waals surface area contributed by atoms with Crippen molar-refractivity contribution in [2.45, 2.75) is 32.9 Å². The summed E-state index contributed by atoms with van der Waals surface area (Å²) in [6.45, 7) is 6.75. The number of nitrogens with two attached hydrogens (primary N) is 1. The third-order valence-electron chi connectivity index (χ3n) is 3.68. The van der Waals surface area contributed by atoms with Crippen LogP contribution >= 0.6 is 0 Å². The fourth-order valence-electron chi connectivity index (χ4n) is 2.77. The van der Waals surface area contributed by atoms with Gasteiger partial charge >= 0.3 is 0 Å². The second-order valence-corrected chi connectivity index (χ2v) is 5.43. The molecule has 19 heavy (non-hydrogen) atoms. The van der Waals surface area contributed by atoms with Crippen LogP contribution < -0.4 is 5.73 Å². The van der Waals surface area contributed by atoms with Gasteiger partial charge in [0.1, 0.15) is 5.82 Å². The van der Waals surface area contributed by atoms with E-state index in [0.29, 0.717) is 12.6 Å². The van der Waals surface area contributed by atoms with Gasteiger partial charge in [-0.2, -0.15) is 0 Å². The molecule has 2 atom stereocenters. The zero-order chi connectivity index (χ0) is 13.8. The van der Waals surface area contributed by atoms with E-state index in [-0.39, 0.29) is 5.82 Å². The minimum atomic E-state index is -0.243. The molecular formula is C16H21FN2. The molecule has 2 nitrogen and oxygen atoms in total. The Labute approximate surface area is 114 Å². The Bertz CT molecular complexity index is 501. The van der Waals surface area contributed by atoms with Gasteiger partial charge in [0.2, 0.25) is 0 Å². The lowest BCUT2D eigenvalue weighted by Gasteiger charge is -2.21. The maximum atomic E-state index is 13.3. The third-order valence-corrected chi connectivity index (χ3v) is 3.68. The first kappa shape index (κ1) is 14.0. The van der Waals surface area contributed by atoms with Crippen molar-refractivity contribution in [2.24, 2.45) is 11.7 Å². The van der Waals surface area contributed by atoms with E-state index in [1.807, 2.05) is 6.07 Å². The molecule has 0 spiro atoms. The summed E-state index contributed by atoms with van der Waals surface area (Å²) in [4.78, 5) is 2.44. The Kier molecular flexibility index (Phi) is 4.57. The van der Waals surface area contributed by atoms with Crippen LogP contribution in [0.3, 0.4) is 0 Å². The van der Waals surface area contributed by atoms with Crippen LogP contribution in [0.15, 0.2) is 18.2 Å². The molecule has 1 saturated heterocycles. The quantitative estimate of drug-likeness (QED) is 0.827. The van der Waals surface area contributed by atoms with Crippen molar-refractivity contribution >= 4 is 0 Å². The molecule has 1 aromatic rings. The molecule has 2 N–H and O–H groups in total. The minimum absolute atomic E-state index is 0.243. The van der Waals surface area contributed by atoms with Gasteiger partial charge in [-0.3, -0.25) is 4.90 Å². The largest absolute Gasteiger partial charge is 0.320 e. The summed E-state index contributed by atoms with van der Waals surface area (Å²) in [5.74, 6) is 6.27. The molecule has 0 aliphatic carbocycles.